The Morgan fingerprint density at radius 1 is 1.15 bits per heavy atom. The van der Waals surface area contributed by atoms with Crippen LogP contribution in [0.1, 0.15) is 25.7 Å². The number of nitrogens with zero attached hydrogens (tertiary/aromatic N) is 3. The Hall–Kier alpha value is -2.67. The molecule has 1 N–H and O–H groups in total. The minimum Gasteiger partial charge on any atom is -0.485 e. The largest absolute Gasteiger partial charge is 0.485 e. The molecule has 6 nitrogen and oxygen atoms in total. The molecule has 2 aromatic heterocycles. The van der Waals surface area contributed by atoms with Crippen LogP contribution in [0.3, 0.4) is 0 Å². The zero-order chi connectivity index (χ0) is 18.8. The Kier molecular flexibility index (Phi) is 4.94. The summed E-state index contributed by atoms with van der Waals surface area (Å²) in [4.78, 5) is 8.64. The summed E-state index contributed by atoms with van der Waals surface area (Å²) in [5.74, 6) is 0.771. The van der Waals surface area contributed by atoms with E-state index in [1.165, 1.54) is 18.5 Å². The van der Waals surface area contributed by atoms with Gasteiger partial charge in [-0.1, -0.05) is 6.42 Å². The molecule has 2 atom stereocenters. The van der Waals surface area contributed by atoms with Gasteiger partial charge < -0.3 is 19.4 Å². The molecule has 4 rings (SSSR count). The van der Waals surface area contributed by atoms with Crippen LogP contribution in [0, 0.1) is 5.82 Å². The number of ether oxygens (including phenoxy) is 2. The molecule has 0 amide bonds. The van der Waals surface area contributed by atoms with Crippen molar-refractivity contribution in [2.24, 2.45) is 7.05 Å². The molecule has 7 heteroatoms. The van der Waals surface area contributed by atoms with E-state index in [0.717, 1.165) is 36.7 Å². The number of nitrogens with one attached hydrogen (secondary N) is 1. The molecular weight excluding hydrogens is 347 g/mol. The Balaban J connectivity index is 1.66. The number of hydrogen-bond donors (Lipinski definition) is 1. The van der Waals surface area contributed by atoms with Gasteiger partial charge in [0, 0.05) is 26.4 Å². The van der Waals surface area contributed by atoms with E-state index in [2.05, 4.69) is 15.3 Å². The number of aromatic nitrogens is 3. The van der Waals surface area contributed by atoms with Crippen molar-refractivity contribution < 1.29 is 13.9 Å². The van der Waals surface area contributed by atoms with Gasteiger partial charge in [-0.25, -0.2) is 14.4 Å². The highest BCUT2D eigenvalue weighted by Crippen LogP contribution is 2.34. The number of aryl methyl sites for hydroxylation is 1. The molecule has 1 aromatic carbocycles. The first-order chi connectivity index (χ1) is 13.2. The molecule has 0 saturated heterocycles. The highest BCUT2D eigenvalue weighted by molar-refractivity contribution is 5.88. The van der Waals surface area contributed by atoms with Gasteiger partial charge in [-0.15, -0.1) is 0 Å². The highest BCUT2D eigenvalue weighted by atomic mass is 19.1. The van der Waals surface area contributed by atoms with Gasteiger partial charge in [0.2, 0.25) is 0 Å². The van der Waals surface area contributed by atoms with Gasteiger partial charge in [-0.05, 0) is 37.5 Å². The average molecular weight is 370 g/mol. The predicted molar refractivity (Wildman–Crippen MR) is 102 cm³/mol. The van der Waals surface area contributed by atoms with Gasteiger partial charge in [0.25, 0.3) is 0 Å². The van der Waals surface area contributed by atoms with Crippen LogP contribution in [0.15, 0.2) is 36.8 Å². The fourth-order valence-electron chi connectivity index (χ4n) is 3.67. The van der Waals surface area contributed by atoms with E-state index in [4.69, 9.17) is 9.47 Å². The van der Waals surface area contributed by atoms with E-state index in [1.54, 1.807) is 13.2 Å². The number of rotatable bonds is 5. The first-order valence-electron chi connectivity index (χ1n) is 9.18. The van der Waals surface area contributed by atoms with Crippen molar-refractivity contribution >= 4 is 22.5 Å². The summed E-state index contributed by atoms with van der Waals surface area (Å²) in [6.07, 6.45) is 7.42. The number of halogens is 1. The SMILES string of the molecule is CO[C@H]1CCCC[C@@H]1Oc1cc(F)ccc1Nc1ncnc2ccn(C)c12. The maximum atomic E-state index is 13.9. The monoisotopic (exact) mass is 370 g/mol. The molecule has 3 aromatic rings. The third-order valence-electron chi connectivity index (χ3n) is 5.08. The van der Waals surface area contributed by atoms with Crippen LogP contribution in [0.2, 0.25) is 0 Å². The minimum atomic E-state index is -0.341. The van der Waals surface area contributed by atoms with Crippen LogP contribution in [-0.2, 0) is 11.8 Å². The Bertz CT molecular complexity index is 943. The van der Waals surface area contributed by atoms with E-state index in [1.807, 2.05) is 23.9 Å². The molecule has 0 aliphatic heterocycles. The van der Waals surface area contributed by atoms with E-state index in [0.29, 0.717) is 17.3 Å². The van der Waals surface area contributed by atoms with Crippen molar-refractivity contribution in [3.05, 3.63) is 42.6 Å². The van der Waals surface area contributed by atoms with Crippen LogP contribution in [0.25, 0.3) is 11.0 Å². The molecule has 0 unspecified atom stereocenters. The zero-order valence-electron chi connectivity index (χ0n) is 15.5. The van der Waals surface area contributed by atoms with E-state index in [-0.39, 0.29) is 18.0 Å². The van der Waals surface area contributed by atoms with Gasteiger partial charge in [-0.3, -0.25) is 0 Å². The van der Waals surface area contributed by atoms with Crippen molar-refractivity contribution in [3.63, 3.8) is 0 Å². The fraction of sp³-hybridized carbons (Fsp3) is 0.400. The predicted octanol–water partition coefficient (Wildman–Crippen LogP) is 4.19. The molecular formula is C20H23FN4O2. The van der Waals surface area contributed by atoms with E-state index < -0.39 is 0 Å². The first-order valence-corrected chi connectivity index (χ1v) is 9.18. The molecule has 1 aliphatic rings. The zero-order valence-corrected chi connectivity index (χ0v) is 15.5. The summed E-state index contributed by atoms with van der Waals surface area (Å²) >= 11 is 0. The highest BCUT2D eigenvalue weighted by Gasteiger charge is 2.27. The molecule has 0 radical (unpaired) electrons. The van der Waals surface area contributed by atoms with Gasteiger partial charge >= 0.3 is 0 Å². The van der Waals surface area contributed by atoms with Gasteiger partial charge in [0.15, 0.2) is 5.82 Å². The van der Waals surface area contributed by atoms with Crippen molar-refractivity contribution in [2.45, 2.75) is 37.9 Å². The van der Waals surface area contributed by atoms with Crippen LogP contribution >= 0.6 is 0 Å². The third-order valence-corrected chi connectivity index (χ3v) is 5.08. The van der Waals surface area contributed by atoms with Crippen LogP contribution < -0.4 is 10.1 Å². The summed E-state index contributed by atoms with van der Waals surface area (Å²) < 4.78 is 27.6. The number of methoxy groups -OCH3 is 1. The Morgan fingerprint density at radius 3 is 2.78 bits per heavy atom. The van der Waals surface area contributed by atoms with Crippen molar-refractivity contribution in [2.75, 3.05) is 12.4 Å². The van der Waals surface area contributed by atoms with Gasteiger partial charge in [-0.2, -0.15) is 0 Å². The topological polar surface area (TPSA) is 61.2 Å². The van der Waals surface area contributed by atoms with Crippen LogP contribution in [0.5, 0.6) is 5.75 Å². The lowest BCUT2D eigenvalue weighted by Gasteiger charge is -2.31. The number of hydrogen-bond acceptors (Lipinski definition) is 5. The Morgan fingerprint density at radius 2 is 1.96 bits per heavy atom. The molecule has 0 bridgehead atoms. The quantitative estimate of drug-likeness (QED) is 0.730. The summed E-state index contributed by atoms with van der Waals surface area (Å²) in [5, 5.41) is 3.29. The van der Waals surface area contributed by atoms with Gasteiger partial charge in [0.1, 0.15) is 29.5 Å². The van der Waals surface area contributed by atoms with Crippen molar-refractivity contribution in [1.82, 2.24) is 14.5 Å². The third kappa shape index (κ3) is 3.60. The average Bonchev–Trinajstić information content (AvgIpc) is 3.06. The van der Waals surface area contributed by atoms with Crippen molar-refractivity contribution in [3.8, 4) is 5.75 Å². The molecule has 0 spiro atoms. The number of anilines is 2. The lowest BCUT2D eigenvalue weighted by atomic mass is 9.94. The maximum Gasteiger partial charge on any atom is 0.158 e. The maximum absolute atomic E-state index is 13.9. The van der Waals surface area contributed by atoms with Crippen molar-refractivity contribution in [1.29, 1.82) is 0 Å². The summed E-state index contributed by atoms with van der Waals surface area (Å²) in [6, 6.07) is 6.42. The normalized spacial score (nSPS) is 20.0. The molecule has 2 heterocycles. The minimum absolute atomic E-state index is 0.0218. The fourth-order valence-corrected chi connectivity index (χ4v) is 3.67. The van der Waals surface area contributed by atoms with Crippen LogP contribution in [0.4, 0.5) is 15.9 Å². The first kappa shape index (κ1) is 17.7. The summed E-state index contributed by atoms with van der Waals surface area (Å²) in [7, 11) is 3.63. The molecule has 27 heavy (non-hydrogen) atoms. The lowest BCUT2D eigenvalue weighted by molar-refractivity contribution is -0.0227. The number of benzene rings is 1. The molecule has 1 aliphatic carbocycles. The van der Waals surface area contributed by atoms with Gasteiger partial charge in [0.05, 0.1) is 17.3 Å². The second kappa shape index (κ2) is 7.52. The summed E-state index contributed by atoms with van der Waals surface area (Å²) in [5.41, 5.74) is 2.38. The molecule has 1 fully saturated rings. The second-order valence-corrected chi connectivity index (χ2v) is 6.86. The van der Waals surface area contributed by atoms with Crippen LogP contribution in [-0.4, -0.2) is 33.9 Å². The molecule has 1 saturated carbocycles. The van der Waals surface area contributed by atoms with E-state index >= 15 is 0 Å². The molecule has 142 valence electrons. The lowest BCUT2D eigenvalue weighted by Crippen LogP contribution is -2.36. The number of fused-ring (bicyclic) bond motifs is 1. The summed E-state index contributed by atoms with van der Waals surface area (Å²) in [6.45, 7) is 0. The Labute approximate surface area is 157 Å². The standard InChI is InChI=1S/C20H23FN4O2/c1-25-10-9-15-19(25)20(23-12-22-15)24-14-8-7-13(21)11-18(14)27-17-6-4-3-5-16(17)26-2/h7-12,16-17H,3-6H2,1-2H3,(H,22,23,24)/t16-,17-/m0/s1. The van der Waals surface area contributed by atoms with E-state index in [9.17, 15) is 4.39 Å². The smallest absolute Gasteiger partial charge is 0.158 e. The second-order valence-electron chi connectivity index (χ2n) is 6.86.